The van der Waals surface area contributed by atoms with E-state index < -0.39 is 6.03 Å². The van der Waals surface area contributed by atoms with Crippen molar-refractivity contribution in [2.45, 2.75) is 96.8 Å². The summed E-state index contributed by atoms with van der Waals surface area (Å²) in [5, 5.41) is 5.42. The molecule has 0 aliphatic rings. The van der Waals surface area contributed by atoms with Gasteiger partial charge < -0.3 is 10.3 Å². The molecular weight excluding hydrogens is 384 g/mol. The van der Waals surface area contributed by atoms with Gasteiger partial charge in [-0.25, -0.2) is 10.2 Å². The second kappa shape index (κ2) is 14.7. The maximum absolute atomic E-state index is 11.0. The molecule has 0 saturated carbocycles. The molecule has 5 heteroatoms. The summed E-state index contributed by atoms with van der Waals surface area (Å²) in [6.07, 6.45) is 18.7. The number of benzene rings is 1. The van der Waals surface area contributed by atoms with Gasteiger partial charge in [-0.05, 0) is 30.5 Å². The average Bonchev–Trinajstić information content (AvgIpc) is 2.77. The summed E-state index contributed by atoms with van der Waals surface area (Å²) < 4.78 is 1.98. The minimum absolute atomic E-state index is 0.647. The van der Waals surface area contributed by atoms with Gasteiger partial charge in [0.1, 0.15) is 0 Å². The third-order valence-electron chi connectivity index (χ3n) is 6.09. The number of hydrogen-bond donors (Lipinski definition) is 2. The Kier molecular flexibility index (Phi) is 11.8. The lowest BCUT2D eigenvalue weighted by Gasteiger charge is -2.12. The second-order valence-corrected chi connectivity index (χ2v) is 8.68. The van der Waals surface area contributed by atoms with Crippen LogP contribution in [0.5, 0.6) is 0 Å². The first-order valence-electron chi connectivity index (χ1n) is 12.3. The first kappa shape index (κ1) is 25.0. The molecule has 0 spiro atoms. The molecule has 1 heterocycles. The van der Waals surface area contributed by atoms with Crippen LogP contribution in [0.3, 0.4) is 0 Å². The summed E-state index contributed by atoms with van der Waals surface area (Å²) in [5.74, 6) is 0. The number of hydrogen-bond acceptors (Lipinski definition) is 2. The number of nitrogens with two attached hydrogens (primary N) is 1. The molecule has 31 heavy (non-hydrogen) atoms. The van der Waals surface area contributed by atoms with Crippen LogP contribution in [0, 0.1) is 0 Å². The van der Waals surface area contributed by atoms with Crippen molar-refractivity contribution in [2.75, 3.05) is 0 Å². The number of unbranched alkanes of at least 4 members (excludes halogenated alkanes) is 12. The molecule has 0 atom stereocenters. The van der Waals surface area contributed by atoms with Gasteiger partial charge in [-0.3, -0.25) is 0 Å². The predicted octanol–water partition coefficient (Wildman–Crippen LogP) is 6.30. The summed E-state index contributed by atoms with van der Waals surface area (Å²) in [4.78, 5) is 11.0. The van der Waals surface area contributed by atoms with Gasteiger partial charge in [-0.15, -0.1) is 0 Å². The molecule has 172 valence electrons. The Hall–Kier alpha value is -2.30. The van der Waals surface area contributed by atoms with Crippen LogP contribution in [0.15, 0.2) is 35.4 Å². The Morgan fingerprint density at radius 3 is 2.03 bits per heavy atom. The first-order valence-corrected chi connectivity index (χ1v) is 12.3. The van der Waals surface area contributed by atoms with E-state index in [9.17, 15) is 4.79 Å². The van der Waals surface area contributed by atoms with E-state index in [1.165, 1.54) is 94.4 Å². The number of rotatable bonds is 15. The fraction of sp³-hybridized carbons (Fsp3) is 0.615. The SMILES string of the molecule is CCCCCCCCCCCCCCCc1cc(=NNC(N)=O)n(C)c2ccccc12. The maximum atomic E-state index is 11.0. The molecular formula is C26H42N4O. The number of nitrogens with one attached hydrogen (secondary N) is 1. The number of fused-ring (bicyclic) bond motifs is 1. The number of carbonyl (C=O) groups excluding carboxylic acids is 1. The highest BCUT2D eigenvalue weighted by Gasteiger charge is 2.06. The van der Waals surface area contributed by atoms with Crippen LogP contribution in [-0.2, 0) is 13.5 Å². The standard InChI is InChI=1S/C26H42N4O/c1-3-4-5-6-7-8-9-10-11-12-13-14-15-18-22-21-25(28-29-26(27)31)30(2)24-20-17-16-19-23(22)24/h16-17,19-21H,3-15,18H2,1-2H3,(H3,27,29,31). The number of aromatic nitrogens is 1. The van der Waals surface area contributed by atoms with E-state index in [-0.39, 0.29) is 0 Å². The van der Waals surface area contributed by atoms with Crippen molar-refractivity contribution >= 4 is 16.9 Å². The topological polar surface area (TPSA) is 72.4 Å². The van der Waals surface area contributed by atoms with E-state index in [4.69, 9.17) is 5.73 Å². The van der Waals surface area contributed by atoms with Gasteiger partial charge in [0.2, 0.25) is 0 Å². The molecule has 3 N–H and O–H groups in total. The van der Waals surface area contributed by atoms with Crippen molar-refractivity contribution in [1.29, 1.82) is 0 Å². The van der Waals surface area contributed by atoms with E-state index in [2.05, 4.69) is 41.7 Å². The lowest BCUT2D eigenvalue weighted by molar-refractivity contribution is 0.249. The summed E-state index contributed by atoms with van der Waals surface area (Å²) in [5.41, 5.74) is 10.6. The quantitative estimate of drug-likeness (QED) is 0.255. The molecule has 0 fully saturated rings. The average molecular weight is 427 g/mol. The molecule has 0 aliphatic heterocycles. The van der Waals surface area contributed by atoms with Crippen LogP contribution < -0.4 is 16.6 Å². The van der Waals surface area contributed by atoms with Crippen molar-refractivity contribution in [3.05, 3.63) is 41.4 Å². The molecule has 1 aromatic carbocycles. The van der Waals surface area contributed by atoms with E-state index in [0.29, 0.717) is 5.49 Å². The molecule has 2 aromatic rings. The number of para-hydroxylation sites is 1. The fourth-order valence-electron chi connectivity index (χ4n) is 4.25. The van der Waals surface area contributed by atoms with Gasteiger partial charge in [0.25, 0.3) is 0 Å². The van der Waals surface area contributed by atoms with E-state index in [1.807, 2.05) is 17.7 Å². The normalized spacial score (nSPS) is 11.9. The molecule has 1 aromatic heterocycles. The fourth-order valence-corrected chi connectivity index (χ4v) is 4.25. The maximum Gasteiger partial charge on any atom is 0.332 e. The number of primary amides is 1. The van der Waals surface area contributed by atoms with Crippen LogP contribution in [0.4, 0.5) is 4.79 Å². The number of urea groups is 1. The lowest BCUT2D eigenvalue weighted by atomic mass is 10.0. The summed E-state index contributed by atoms with van der Waals surface area (Å²) >= 11 is 0. The zero-order valence-electron chi connectivity index (χ0n) is 19.7. The van der Waals surface area contributed by atoms with Crippen molar-refractivity contribution in [3.63, 3.8) is 0 Å². The first-order chi connectivity index (χ1) is 15.1. The highest BCUT2D eigenvalue weighted by atomic mass is 16.2. The molecule has 0 bridgehead atoms. The van der Waals surface area contributed by atoms with E-state index in [1.54, 1.807) is 0 Å². The Morgan fingerprint density at radius 2 is 1.45 bits per heavy atom. The highest BCUT2D eigenvalue weighted by Crippen LogP contribution is 2.19. The largest absolute Gasteiger partial charge is 0.350 e. The summed E-state index contributed by atoms with van der Waals surface area (Å²) in [6.45, 7) is 2.28. The highest BCUT2D eigenvalue weighted by molar-refractivity contribution is 5.82. The van der Waals surface area contributed by atoms with Gasteiger partial charge in [0, 0.05) is 18.0 Å². The van der Waals surface area contributed by atoms with Crippen LogP contribution in [0.25, 0.3) is 10.9 Å². The summed E-state index contributed by atoms with van der Waals surface area (Å²) in [7, 11) is 1.96. The lowest BCUT2D eigenvalue weighted by Crippen LogP contribution is -2.30. The number of aryl methyl sites for hydroxylation is 2. The molecule has 0 aliphatic carbocycles. The monoisotopic (exact) mass is 426 g/mol. The molecule has 2 rings (SSSR count). The minimum Gasteiger partial charge on any atom is -0.350 e. The van der Waals surface area contributed by atoms with Gasteiger partial charge in [0.15, 0.2) is 5.49 Å². The minimum atomic E-state index is -0.647. The molecule has 5 nitrogen and oxygen atoms in total. The zero-order valence-corrected chi connectivity index (χ0v) is 19.7. The van der Waals surface area contributed by atoms with Crippen LogP contribution in [-0.4, -0.2) is 10.6 Å². The third-order valence-corrected chi connectivity index (χ3v) is 6.09. The van der Waals surface area contributed by atoms with Crippen molar-refractivity contribution in [2.24, 2.45) is 17.9 Å². The third kappa shape index (κ3) is 9.16. The van der Waals surface area contributed by atoms with E-state index >= 15 is 0 Å². The van der Waals surface area contributed by atoms with Gasteiger partial charge in [-0.2, -0.15) is 5.10 Å². The zero-order chi connectivity index (χ0) is 22.3. The van der Waals surface area contributed by atoms with Crippen LogP contribution in [0.2, 0.25) is 0 Å². The Morgan fingerprint density at radius 1 is 0.903 bits per heavy atom. The Bertz CT molecular complexity index is 856. The van der Waals surface area contributed by atoms with Gasteiger partial charge in [0.05, 0.1) is 0 Å². The van der Waals surface area contributed by atoms with E-state index in [0.717, 1.165) is 11.9 Å². The van der Waals surface area contributed by atoms with Crippen LogP contribution in [0.1, 0.15) is 96.0 Å². The molecule has 0 radical (unpaired) electrons. The number of nitrogens with zero attached hydrogens (tertiary/aromatic N) is 2. The second-order valence-electron chi connectivity index (χ2n) is 8.68. The number of carbonyl (C=O) groups is 1. The Labute approximate surface area is 188 Å². The smallest absolute Gasteiger partial charge is 0.332 e. The van der Waals surface area contributed by atoms with Crippen molar-refractivity contribution in [1.82, 2.24) is 9.99 Å². The van der Waals surface area contributed by atoms with Crippen molar-refractivity contribution < 1.29 is 4.79 Å². The molecule has 0 saturated heterocycles. The number of amides is 2. The molecule has 0 unspecified atom stereocenters. The predicted molar refractivity (Wildman–Crippen MR) is 131 cm³/mol. The molecule has 2 amide bonds. The van der Waals surface area contributed by atoms with Crippen LogP contribution >= 0.6 is 0 Å². The van der Waals surface area contributed by atoms with Gasteiger partial charge in [-0.1, -0.05) is 102 Å². The Balaban J connectivity index is 1.73. The van der Waals surface area contributed by atoms with Gasteiger partial charge >= 0.3 is 6.03 Å². The summed E-state index contributed by atoms with van der Waals surface area (Å²) in [6, 6.07) is 9.78. The number of pyridine rings is 1. The van der Waals surface area contributed by atoms with Crippen molar-refractivity contribution in [3.8, 4) is 0 Å².